The van der Waals surface area contributed by atoms with E-state index in [1.54, 1.807) is 36.5 Å². The number of pyridine rings is 1. The van der Waals surface area contributed by atoms with E-state index in [2.05, 4.69) is 20.4 Å². The summed E-state index contributed by atoms with van der Waals surface area (Å²) in [6, 6.07) is 8.59. The monoisotopic (exact) mass is 311 g/mol. The third kappa shape index (κ3) is 3.53. The smallest absolute Gasteiger partial charge is 0.412 e. The summed E-state index contributed by atoms with van der Waals surface area (Å²) in [5.41, 5.74) is 1.29. The largest absolute Gasteiger partial charge is 0.453 e. The van der Waals surface area contributed by atoms with Gasteiger partial charge in [-0.05, 0) is 24.3 Å². The first-order valence-electron chi connectivity index (χ1n) is 5.62. The van der Waals surface area contributed by atoms with Crippen molar-refractivity contribution >= 4 is 46.5 Å². The fourth-order valence-electron chi connectivity index (χ4n) is 1.46. The molecule has 2 rings (SSSR count). The van der Waals surface area contributed by atoms with Crippen molar-refractivity contribution < 1.29 is 9.53 Å². The Kier molecular flexibility index (Phi) is 4.65. The van der Waals surface area contributed by atoms with Crippen LogP contribution in [0.25, 0.3) is 0 Å². The molecule has 20 heavy (non-hydrogen) atoms. The van der Waals surface area contributed by atoms with Crippen LogP contribution in [0.4, 0.5) is 22.0 Å². The summed E-state index contributed by atoms with van der Waals surface area (Å²) in [7, 11) is 1.28. The number of amides is 1. The molecule has 5 nitrogen and oxygen atoms in total. The minimum absolute atomic E-state index is 0.382. The number of nitrogens with zero attached hydrogens (tertiary/aromatic N) is 1. The first-order chi connectivity index (χ1) is 9.60. The van der Waals surface area contributed by atoms with Gasteiger partial charge in [-0.3, -0.25) is 5.32 Å². The van der Waals surface area contributed by atoms with E-state index in [9.17, 15) is 4.79 Å². The van der Waals surface area contributed by atoms with Gasteiger partial charge in [-0.25, -0.2) is 9.78 Å². The van der Waals surface area contributed by atoms with Crippen molar-refractivity contribution in [2.24, 2.45) is 0 Å². The van der Waals surface area contributed by atoms with Gasteiger partial charge in [0.25, 0.3) is 0 Å². The summed E-state index contributed by atoms with van der Waals surface area (Å²) < 4.78 is 4.47. The van der Waals surface area contributed by atoms with Crippen LogP contribution in [-0.4, -0.2) is 18.2 Å². The molecule has 0 bridgehead atoms. The zero-order valence-electron chi connectivity index (χ0n) is 10.5. The molecule has 0 atom stereocenters. The summed E-state index contributed by atoms with van der Waals surface area (Å²) in [4.78, 5) is 15.1. The topological polar surface area (TPSA) is 63.2 Å². The molecule has 0 saturated carbocycles. The molecule has 0 radical (unpaired) electrons. The van der Waals surface area contributed by atoms with E-state index >= 15 is 0 Å². The van der Waals surface area contributed by atoms with Gasteiger partial charge in [0.2, 0.25) is 0 Å². The second kappa shape index (κ2) is 6.45. The minimum atomic E-state index is -0.577. The lowest BCUT2D eigenvalue weighted by atomic mass is 10.3. The molecule has 1 aromatic heterocycles. The standard InChI is InChI=1S/C13H11Cl2N3O2/c1-20-13(19)18-11-6-5-8(7-16-11)17-12-9(14)3-2-4-10(12)15/h2-7,17H,1H3,(H,16,18,19). The number of carbonyl (C=O) groups is 1. The van der Waals surface area contributed by atoms with Crippen LogP contribution in [0.1, 0.15) is 0 Å². The molecule has 1 amide bonds. The Hall–Kier alpha value is -1.98. The Bertz CT molecular complexity index is 597. The molecule has 0 spiro atoms. The summed E-state index contributed by atoms with van der Waals surface area (Å²) in [6.45, 7) is 0. The predicted molar refractivity (Wildman–Crippen MR) is 80.0 cm³/mol. The lowest BCUT2D eigenvalue weighted by Gasteiger charge is -2.10. The Morgan fingerprint density at radius 1 is 1.20 bits per heavy atom. The Morgan fingerprint density at radius 3 is 2.45 bits per heavy atom. The van der Waals surface area contributed by atoms with E-state index in [0.717, 1.165) is 0 Å². The van der Waals surface area contributed by atoms with E-state index in [1.807, 2.05) is 0 Å². The number of ether oxygens (including phenoxy) is 1. The number of nitrogens with one attached hydrogen (secondary N) is 2. The van der Waals surface area contributed by atoms with Gasteiger partial charge >= 0.3 is 6.09 Å². The maximum atomic E-state index is 11.0. The van der Waals surface area contributed by atoms with Crippen molar-refractivity contribution in [3.8, 4) is 0 Å². The number of anilines is 3. The Morgan fingerprint density at radius 2 is 1.90 bits per heavy atom. The third-order valence-electron chi connectivity index (χ3n) is 2.41. The molecule has 0 saturated heterocycles. The van der Waals surface area contributed by atoms with Crippen LogP contribution in [0.2, 0.25) is 10.0 Å². The number of carbonyl (C=O) groups excluding carboxylic acids is 1. The van der Waals surface area contributed by atoms with E-state index in [1.165, 1.54) is 7.11 Å². The molecule has 7 heteroatoms. The highest BCUT2D eigenvalue weighted by Gasteiger charge is 2.06. The number of hydrogen-bond acceptors (Lipinski definition) is 4. The van der Waals surface area contributed by atoms with Gasteiger partial charge in [0.15, 0.2) is 0 Å². The molecular formula is C13H11Cl2N3O2. The number of benzene rings is 1. The summed E-state index contributed by atoms with van der Waals surface area (Å²) >= 11 is 12.1. The van der Waals surface area contributed by atoms with E-state index in [0.29, 0.717) is 27.2 Å². The Labute approximate surface area is 125 Å². The molecule has 0 unspecified atom stereocenters. The molecule has 0 aliphatic carbocycles. The van der Waals surface area contributed by atoms with Gasteiger partial charge in [0.05, 0.1) is 34.7 Å². The van der Waals surface area contributed by atoms with Crippen LogP contribution in [0.5, 0.6) is 0 Å². The number of rotatable bonds is 3. The molecule has 0 fully saturated rings. The van der Waals surface area contributed by atoms with Gasteiger partial charge in [0.1, 0.15) is 5.82 Å². The molecule has 0 aliphatic rings. The van der Waals surface area contributed by atoms with Crippen LogP contribution >= 0.6 is 23.2 Å². The van der Waals surface area contributed by atoms with Gasteiger partial charge in [0, 0.05) is 0 Å². The van der Waals surface area contributed by atoms with Crippen molar-refractivity contribution in [2.75, 3.05) is 17.7 Å². The lowest BCUT2D eigenvalue weighted by Crippen LogP contribution is -2.11. The molecule has 104 valence electrons. The molecule has 2 N–H and O–H groups in total. The van der Waals surface area contributed by atoms with Crippen molar-refractivity contribution in [3.63, 3.8) is 0 Å². The van der Waals surface area contributed by atoms with Crippen molar-refractivity contribution in [1.29, 1.82) is 0 Å². The number of aromatic nitrogens is 1. The van der Waals surface area contributed by atoms with Gasteiger partial charge in [-0.1, -0.05) is 29.3 Å². The second-order valence-corrected chi connectivity index (χ2v) is 4.58. The quantitative estimate of drug-likeness (QED) is 0.886. The lowest BCUT2D eigenvalue weighted by molar-refractivity contribution is 0.187. The fraction of sp³-hybridized carbons (Fsp3) is 0.0769. The molecule has 2 aromatic rings. The van der Waals surface area contributed by atoms with Crippen LogP contribution in [-0.2, 0) is 4.74 Å². The van der Waals surface area contributed by atoms with Crippen molar-refractivity contribution in [1.82, 2.24) is 4.98 Å². The van der Waals surface area contributed by atoms with E-state index in [-0.39, 0.29) is 0 Å². The highest BCUT2D eigenvalue weighted by atomic mass is 35.5. The first kappa shape index (κ1) is 14.4. The fourth-order valence-corrected chi connectivity index (χ4v) is 1.95. The van der Waals surface area contributed by atoms with Crippen molar-refractivity contribution in [2.45, 2.75) is 0 Å². The third-order valence-corrected chi connectivity index (χ3v) is 3.04. The van der Waals surface area contributed by atoms with Gasteiger partial charge in [-0.15, -0.1) is 0 Å². The van der Waals surface area contributed by atoms with Crippen molar-refractivity contribution in [3.05, 3.63) is 46.6 Å². The molecule has 0 aliphatic heterocycles. The Balaban J connectivity index is 2.13. The number of halogens is 2. The van der Waals surface area contributed by atoms with Crippen LogP contribution < -0.4 is 10.6 Å². The van der Waals surface area contributed by atoms with E-state index < -0.39 is 6.09 Å². The first-order valence-corrected chi connectivity index (χ1v) is 6.38. The van der Waals surface area contributed by atoms with Crippen LogP contribution in [0, 0.1) is 0 Å². The molecular weight excluding hydrogens is 301 g/mol. The highest BCUT2D eigenvalue weighted by molar-refractivity contribution is 6.39. The highest BCUT2D eigenvalue weighted by Crippen LogP contribution is 2.32. The predicted octanol–water partition coefficient (Wildman–Crippen LogP) is 4.31. The number of hydrogen-bond donors (Lipinski definition) is 2. The number of para-hydroxylation sites is 1. The summed E-state index contributed by atoms with van der Waals surface area (Å²) in [5, 5.41) is 6.54. The molecule has 1 heterocycles. The zero-order valence-corrected chi connectivity index (χ0v) is 12.0. The minimum Gasteiger partial charge on any atom is -0.453 e. The summed E-state index contributed by atoms with van der Waals surface area (Å²) in [5.74, 6) is 0.382. The summed E-state index contributed by atoms with van der Waals surface area (Å²) in [6.07, 6.45) is 0.970. The van der Waals surface area contributed by atoms with Crippen LogP contribution in [0.3, 0.4) is 0 Å². The SMILES string of the molecule is COC(=O)Nc1ccc(Nc2c(Cl)cccc2Cl)cn1. The van der Waals surface area contributed by atoms with Gasteiger partial charge < -0.3 is 10.1 Å². The second-order valence-electron chi connectivity index (χ2n) is 3.77. The maximum absolute atomic E-state index is 11.0. The van der Waals surface area contributed by atoms with Crippen LogP contribution in [0.15, 0.2) is 36.5 Å². The average Bonchev–Trinajstić information content (AvgIpc) is 2.44. The maximum Gasteiger partial charge on any atom is 0.412 e. The zero-order chi connectivity index (χ0) is 14.5. The van der Waals surface area contributed by atoms with Gasteiger partial charge in [-0.2, -0.15) is 0 Å². The van der Waals surface area contributed by atoms with E-state index in [4.69, 9.17) is 23.2 Å². The number of methoxy groups -OCH3 is 1. The average molecular weight is 312 g/mol. The normalized spacial score (nSPS) is 9.95. The molecule has 1 aromatic carbocycles.